The fraction of sp³-hybridized carbons (Fsp3) is 0.267. The van der Waals surface area contributed by atoms with Gasteiger partial charge in [0.15, 0.2) is 0 Å². The first-order valence-electron chi connectivity index (χ1n) is 5.80. The molecule has 17 heavy (non-hydrogen) atoms. The molecule has 0 heterocycles. The van der Waals surface area contributed by atoms with Crippen molar-refractivity contribution in [2.24, 2.45) is 0 Å². The maximum atomic E-state index is 11.0. The quantitative estimate of drug-likeness (QED) is 0.551. The maximum Gasteiger partial charge on any atom is 0.330 e. The molecule has 0 fully saturated rings. The summed E-state index contributed by atoms with van der Waals surface area (Å²) >= 11 is 0. The van der Waals surface area contributed by atoms with E-state index in [0.29, 0.717) is 6.61 Å². The van der Waals surface area contributed by atoms with Crippen molar-refractivity contribution < 1.29 is 9.53 Å². The Kier molecular flexibility index (Phi) is 5.80. The van der Waals surface area contributed by atoms with Crippen molar-refractivity contribution in [3.05, 3.63) is 54.6 Å². The van der Waals surface area contributed by atoms with E-state index < -0.39 is 0 Å². The maximum absolute atomic E-state index is 11.0. The highest BCUT2D eigenvalue weighted by Crippen LogP contribution is 2.17. The molecule has 0 aliphatic carbocycles. The van der Waals surface area contributed by atoms with Gasteiger partial charge in [0.25, 0.3) is 0 Å². The average Bonchev–Trinajstić information content (AvgIpc) is 2.36. The lowest BCUT2D eigenvalue weighted by atomic mass is 10.0. The van der Waals surface area contributed by atoms with Crippen LogP contribution in [0.1, 0.15) is 25.3 Å². The third kappa shape index (κ3) is 5.16. The summed E-state index contributed by atoms with van der Waals surface area (Å²) < 4.78 is 4.79. The monoisotopic (exact) mass is 230 g/mol. The van der Waals surface area contributed by atoms with E-state index in [1.165, 1.54) is 6.08 Å². The van der Waals surface area contributed by atoms with Gasteiger partial charge in [-0.25, -0.2) is 4.79 Å². The lowest BCUT2D eigenvalue weighted by molar-refractivity contribution is -0.137. The number of hydrogen-bond donors (Lipinski definition) is 0. The predicted octanol–water partition coefficient (Wildman–Crippen LogP) is 3.60. The second-order valence-electron chi connectivity index (χ2n) is 3.66. The first-order chi connectivity index (χ1) is 8.24. The summed E-state index contributed by atoms with van der Waals surface area (Å²) in [5, 5.41) is 0. The largest absolute Gasteiger partial charge is 0.463 e. The molecule has 90 valence electrons. The fourth-order valence-corrected chi connectivity index (χ4v) is 1.45. The predicted molar refractivity (Wildman–Crippen MR) is 70.5 cm³/mol. The molecule has 1 rings (SSSR count). The summed E-state index contributed by atoms with van der Waals surface area (Å²) in [5.41, 5.74) is 2.23. The number of rotatable bonds is 6. The summed E-state index contributed by atoms with van der Waals surface area (Å²) in [6.45, 7) is 6.24. The zero-order valence-electron chi connectivity index (χ0n) is 10.2. The standard InChI is InChI=1S/C15H18O2/c1-3-17-15(16)12-8-7-9-13(2)14-10-5-4-6-11-14/h4-6,8,10-12H,2-3,7,9H2,1H3. The van der Waals surface area contributed by atoms with Gasteiger partial charge in [0.1, 0.15) is 0 Å². The van der Waals surface area contributed by atoms with E-state index in [2.05, 4.69) is 6.58 Å². The van der Waals surface area contributed by atoms with Gasteiger partial charge in [-0.1, -0.05) is 43.0 Å². The first-order valence-corrected chi connectivity index (χ1v) is 5.80. The highest BCUT2D eigenvalue weighted by molar-refractivity contribution is 5.81. The Morgan fingerprint density at radius 1 is 1.35 bits per heavy atom. The van der Waals surface area contributed by atoms with E-state index >= 15 is 0 Å². The van der Waals surface area contributed by atoms with Gasteiger partial charge in [-0.05, 0) is 30.9 Å². The Balaban J connectivity index is 2.32. The molecule has 0 saturated heterocycles. The summed E-state index contributed by atoms with van der Waals surface area (Å²) in [6.07, 6.45) is 4.94. The van der Waals surface area contributed by atoms with Crippen LogP contribution in [0.4, 0.5) is 0 Å². The number of hydrogen-bond acceptors (Lipinski definition) is 2. The Morgan fingerprint density at radius 2 is 2.06 bits per heavy atom. The van der Waals surface area contributed by atoms with Gasteiger partial charge in [0.05, 0.1) is 6.61 Å². The molecule has 0 aliphatic heterocycles. The number of carbonyl (C=O) groups is 1. The molecule has 0 aliphatic rings. The Bertz CT molecular complexity index is 391. The number of allylic oxidation sites excluding steroid dienone is 2. The van der Waals surface area contributed by atoms with Gasteiger partial charge in [0, 0.05) is 6.08 Å². The van der Waals surface area contributed by atoms with Crippen LogP contribution in [0.3, 0.4) is 0 Å². The van der Waals surface area contributed by atoms with Gasteiger partial charge >= 0.3 is 5.97 Å². The minimum atomic E-state index is -0.280. The minimum absolute atomic E-state index is 0.280. The third-order valence-corrected chi connectivity index (χ3v) is 2.34. The topological polar surface area (TPSA) is 26.3 Å². The van der Waals surface area contributed by atoms with E-state index in [1.807, 2.05) is 36.4 Å². The molecule has 0 aromatic heterocycles. The molecule has 2 nitrogen and oxygen atoms in total. The molecule has 0 atom stereocenters. The van der Waals surface area contributed by atoms with E-state index in [-0.39, 0.29) is 5.97 Å². The number of ether oxygens (including phenoxy) is 1. The molecular formula is C15H18O2. The molecule has 2 heteroatoms. The van der Waals surface area contributed by atoms with Gasteiger partial charge in [-0.2, -0.15) is 0 Å². The molecule has 0 N–H and O–H groups in total. The van der Waals surface area contributed by atoms with Gasteiger partial charge in [0.2, 0.25) is 0 Å². The average molecular weight is 230 g/mol. The molecule has 1 aromatic carbocycles. The normalized spacial score (nSPS) is 10.4. The van der Waals surface area contributed by atoms with Crippen molar-refractivity contribution in [1.29, 1.82) is 0 Å². The highest BCUT2D eigenvalue weighted by atomic mass is 16.5. The third-order valence-electron chi connectivity index (χ3n) is 2.34. The summed E-state index contributed by atoms with van der Waals surface area (Å²) in [4.78, 5) is 11.0. The zero-order valence-corrected chi connectivity index (χ0v) is 10.2. The Hall–Kier alpha value is -1.83. The van der Waals surface area contributed by atoms with Crippen molar-refractivity contribution in [1.82, 2.24) is 0 Å². The highest BCUT2D eigenvalue weighted by Gasteiger charge is 1.97. The second-order valence-corrected chi connectivity index (χ2v) is 3.66. The van der Waals surface area contributed by atoms with Crippen molar-refractivity contribution in [2.75, 3.05) is 6.61 Å². The molecule has 0 unspecified atom stereocenters. The SMILES string of the molecule is C=C(CCC=CC(=O)OCC)c1ccccc1. The summed E-state index contributed by atoms with van der Waals surface area (Å²) in [7, 11) is 0. The van der Waals surface area contributed by atoms with Crippen LogP contribution in [-0.4, -0.2) is 12.6 Å². The van der Waals surface area contributed by atoms with Gasteiger partial charge in [-0.15, -0.1) is 0 Å². The number of esters is 1. The van der Waals surface area contributed by atoms with E-state index in [1.54, 1.807) is 6.92 Å². The fourth-order valence-electron chi connectivity index (χ4n) is 1.45. The van der Waals surface area contributed by atoms with Crippen LogP contribution in [-0.2, 0) is 9.53 Å². The van der Waals surface area contributed by atoms with Crippen LogP contribution in [0.15, 0.2) is 49.1 Å². The molecule has 0 spiro atoms. The smallest absolute Gasteiger partial charge is 0.330 e. The summed E-state index contributed by atoms with van der Waals surface area (Å²) in [6, 6.07) is 10.1. The van der Waals surface area contributed by atoms with Crippen molar-refractivity contribution in [3.8, 4) is 0 Å². The number of carbonyl (C=O) groups excluding carboxylic acids is 1. The molecule has 1 aromatic rings. The molecule has 0 bridgehead atoms. The minimum Gasteiger partial charge on any atom is -0.463 e. The molecule has 0 saturated carbocycles. The molecule has 0 amide bonds. The van der Waals surface area contributed by atoms with E-state index in [4.69, 9.17) is 4.74 Å². The Morgan fingerprint density at radius 3 is 2.71 bits per heavy atom. The first kappa shape index (κ1) is 13.2. The van der Waals surface area contributed by atoms with Crippen LogP contribution in [0, 0.1) is 0 Å². The lowest BCUT2D eigenvalue weighted by Crippen LogP contribution is -1.98. The van der Waals surface area contributed by atoms with E-state index in [9.17, 15) is 4.79 Å². The van der Waals surface area contributed by atoms with Gasteiger partial charge < -0.3 is 4.74 Å². The van der Waals surface area contributed by atoms with Crippen LogP contribution in [0.25, 0.3) is 5.57 Å². The number of benzene rings is 1. The van der Waals surface area contributed by atoms with Crippen molar-refractivity contribution >= 4 is 11.5 Å². The van der Waals surface area contributed by atoms with E-state index in [0.717, 1.165) is 24.0 Å². The summed E-state index contributed by atoms with van der Waals surface area (Å²) in [5.74, 6) is -0.280. The van der Waals surface area contributed by atoms with Crippen molar-refractivity contribution in [3.63, 3.8) is 0 Å². The van der Waals surface area contributed by atoms with Gasteiger partial charge in [-0.3, -0.25) is 0 Å². The lowest BCUT2D eigenvalue weighted by Gasteiger charge is -2.03. The molecular weight excluding hydrogens is 212 g/mol. The van der Waals surface area contributed by atoms with Crippen LogP contribution >= 0.6 is 0 Å². The van der Waals surface area contributed by atoms with Crippen LogP contribution < -0.4 is 0 Å². The Labute approximate surface area is 103 Å². The second kappa shape index (κ2) is 7.44. The van der Waals surface area contributed by atoms with Crippen LogP contribution in [0.5, 0.6) is 0 Å². The molecule has 0 radical (unpaired) electrons. The van der Waals surface area contributed by atoms with Crippen molar-refractivity contribution in [2.45, 2.75) is 19.8 Å². The zero-order chi connectivity index (χ0) is 12.5. The van der Waals surface area contributed by atoms with Crippen LogP contribution in [0.2, 0.25) is 0 Å².